The van der Waals surface area contributed by atoms with E-state index in [4.69, 9.17) is 4.42 Å². The standard InChI is InChI=1S/C21H24F2N2O2/c1-15-17(6-11-27-15)20(26)25-10-8-21(14-25)7-3-9-24(13-21)12-16-4-2-5-18(22)19(16)23/h2,4-6,11H,3,7-10,12-14H2,1H3/t21-/m1/s1. The number of furan rings is 1. The van der Waals surface area contributed by atoms with Gasteiger partial charge in [0.15, 0.2) is 11.6 Å². The lowest BCUT2D eigenvalue weighted by molar-refractivity contribution is 0.0671. The number of benzene rings is 1. The summed E-state index contributed by atoms with van der Waals surface area (Å²) < 4.78 is 32.8. The van der Waals surface area contributed by atoms with Crippen LogP contribution in [0.5, 0.6) is 0 Å². The average Bonchev–Trinajstić information content (AvgIpc) is 3.25. The van der Waals surface area contributed by atoms with Crippen LogP contribution in [0.3, 0.4) is 0 Å². The monoisotopic (exact) mass is 374 g/mol. The van der Waals surface area contributed by atoms with Crippen molar-refractivity contribution >= 4 is 5.91 Å². The number of halogens is 2. The van der Waals surface area contributed by atoms with Gasteiger partial charge in [0.05, 0.1) is 11.8 Å². The number of amides is 1. The van der Waals surface area contributed by atoms with Crippen molar-refractivity contribution < 1.29 is 18.0 Å². The zero-order valence-electron chi connectivity index (χ0n) is 15.5. The molecule has 1 amide bonds. The molecule has 27 heavy (non-hydrogen) atoms. The summed E-state index contributed by atoms with van der Waals surface area (Å²) in [6, 6.07) is 6.07. The van der Waals surface area contributed by atoms with Gasteiger partial charge in [-0.2, -0.15) is 0 Å². The smallest absolute Gasteiger partial charge is 0.257 e. The first-order valence-electron chi connectivity index (χ1n) is 9.46. The highest BCUT2D eigenvalue weighted by molar-refractivity contribution is 5.95. The molecule has 144 valence electrons. The zero-order valence-corrected chi connectivity index (χ0v) is 15.5. The molecule has 1 spiro atoms. The van der Waals surface area contributed by atoms with E-state index in [2.05, 4.69) is 4.90 Å². The van der Waals surface area contributed by atoms with Crippen molar-refractivity contribution in [2.75, 3.05) is 26.2 Å². The Kier molecular flexibility index (Phi) is 4.76. The third-order valence-electron chi connectivity index (χ3n) is 5.98. The van der Waals surface area contributed by atoms with E-state index in [1.807, 2.05) is 4.90 Å². The summed E-state index contributed by atoms with van der Waals surface area (Å²) in [6.45, 7) is 5.31. The zero-order chi connectivity index (χ0) is 19.0. The number of piperidine rings is 1. The Bertz CT molecular complexity index is 850. The first-order valence-corrected chi connectivity index (χ1v) is 9.46. The molecule has 1 aromatic heterocycles. The minimum atomic E-state index is -0.799. The summed E-state index contributed by atoms with van der Waals surface area (Å²) in [6.07, 6.45) is 4.55. The van der Waals surface area contributed by atoms with Crippen molar-refractivity contribution in [2.45, 2.75) is 32.7 Å². The molecule has 2 fully saturated rings. The Hall–Kier alpha value is -2.21. The molecule has 0 saturated carbocycles. The van der Waals surface area contributed by atoms with Crippen LogP contribution in [0.1, 0.15) is 40.9 Å². The van der Waals surface area contributed by atoms with Gasteiger partial charge in [0.2, 0.25) is 0 Å². The van der Waals surface area contributed by atoms with Crippen molar-refractivity contribution in [1.82, 2.24) is 9.80 Å². The van der Waals surface area contributed by atoms with E-state index < -0.39 is 11.6 Å². The van der Waals surface area contributed by atoms with Crippen LogP contribution in [0.15, 0.2) is 34.9 Å². The molecular weight excluding hydrogens is 350 g/mol. The van der Waals surface area contributed by atoms with Crippen LogP contribution in [0.4, 0.5) is 8.78 Å². The maximum atomic E-state index is 14.0. The first kappa shape index (κ1) is 18.2. The van der Waals surface area contributed by atoms with Gasteiger partial charge >= 0.3 is 0 Å². The lowest BCUT2D eigenvalue weighted by atomic mass is 9.79. The fourth-order valence-corrected chi connectivity index (χ4v) is 4.58. The highest BCUT2D eigenvalue weighted by Gasteiger charge is 2.43. The molecule has 0 bridgehead atoms. The van der Waals surface area contributed by atoms with Crippen LogP contribution in [0.25, 0.3) is 0 Å². The van der Waals surface area contributed by atoms with Gasteiger partial charge in [-0.15, -0.1) is 0 Å². The quantitative estimate of drug-likeness (QED) is 0.815. The number of likely N-dealkylation sites (tertiary alicyclic amines) is 2. The third kappa shape index (κ3) is 3.50. The maximum Gasteiger partial charge on any atom is 0.257 e. The molecule has 4 rings (SSSR count). The molecule has 2 aromatic rings. The molecule has 6 heteroatoms. The SMILES string of the molecule is Cc1occc1C(=O)N1CC[C@@]2(CCCN(Cc3cccc(F)c3F)C2)C1. The molecule has 0 aliphatic carbocycles. The van der Waals surface area contributed by atoms with Crippen LogP contribution in [-0.2, 0) is 6.54 Å². The van der Waals surface area contributed by atoms with Crippen LogP contribution in [0.2, 0.25) is 0 Å². The average molecular weight is 374 g/mol. The number of hydrogen-bond donors (Lipinski definition) is 0. The molecule has 2 saturated heterocycles. The van der Waals surface area contributed by atoms with Gasteiger partial charge in [-0.3, -0.25) is 9.69 Å². The van der Waals surface area contributed by atoms with E-state index >= 15 is 0 Å². The van der Waals surface area contributed by atoms with Gasteiger partial charge in [0.1, 0.15) is 5.76 Å². The first-order chi connectivity index (χ1) is 13.0. The van der Waals surface area contributed by atoms with E-state index in [-0.39, 0.29) is 11.3 Å². The normalized spacial score (nSPS) is 23.3. The number of nitrogens with zero attached hydrogens (tertiary/aromatic N) is 2. The minimum absolute atomic E-state index is 0.0198. The molecule has 2 aliphatic rings. The predicted molar refractivity (Wildman–Crippen MR) is 97.3 cm³/mol. The van der Waals surface area contributed by atoms with Crippen molar-refractivity contribution in [2.24, 2.45) is 5.41 Å². The van der Waals surface area contributed by atoms with E-state index in [1.165, 1.54) is 0 Å². The molecule has 0 N–H and O–H groups in total. The Balaban J connectivity index is 1.44. The van der Waals surface area contributed by atoms with Gasteiger partial charge in [-0.05, 0) is 44.9 Å². The van der Waals surface area contributed by atoms with E-state index in [1.54, 1.807) is 31.4 Å². The lowest BCUT2D eigenvalue weighted by Gasteiger charge is -2.40. The second kappa shape index (κ2) is 7.08. The summed E-state index contributed by atoms with van der Waals surface area (Å²) in [5.41, 5.74) is 1.06. The highest BCUT2D eigenvalue weighted by Crippen LogP contribution is 2.40. The van der Waals surface area contributed by atoms with Crippen molar-refractivity contribution in [3.05, 3.63) is 59.1 Å². The highest BCUT2D eigenvalue weighted by atomic mass is 19.2. The maximum absolute atomic E-state index is 14.0. The molecule has 2 aliphatic heterocycles. The van der Waals surface area contributed by atoms with Crippen molar-refractivity contribution in [1.29, 1.82) is 0 Å². The van der Waals surface area contributed by atoms with Gasteiger partial charge < -0.3 is 9.32 Å². The van der Waals surface area contributed by atoms with Crippen LogP contribution >= 0.6 is 0 Å². The lowest BCUT2D eigenvalue weighted by Crippen LogP contribution is -2.45. The number of carbonyl (C=O) groups is 1. The molecule has 3 heterocycles. The van der Waals surface area contributed by atoms with Gasteiger partial charge in [0, 0.05) is 37.2 Å². The van der Waals surface area contributed by atoms with Crippen LogP contribution < -0.4 is 0 Å². The molecule has 0 unspecified atom stereocenters. The van der Waals surface area contributed by atoms with Crippen molar-refractivity contribution in [3.63, 3.8) is 0 Å². The predicted octanol–water partition coefficient (Wildman–Crippen LogP) is 3.99. The van der Waals surface area contributed by atoms with Gasteiger partial charge in [0.25, 0.3) is 5.91 Å². The second-order valence-corrected chi connectivity index (χ2v) is 7.89. The molecule has 1 atom stereocenters. The second-order valence-electron chi connectivity index (χ2n) is 7.89. The summed E-state index contributed by atoms with van der Waals surface area (Å²) in [4.78, 5) is 16.9. The fourth-order valence-electron chi connectivity index (χ4n) is 4.58. The van der Waals surface area contributed by atoms with Gasteiger partial charge in [-0.25, -0.2) is 8.78 Å². The molecule has 4 nitrogen and oxygen atoms in total. The summed E-state index contributed by atoms with van der Waals surface area (Å²) >= 11 is 0. The number of aryl methyl sites for hydroxylation is 1. The summed E-state index contributed by atoms with van der Waals surface area (Å²) in [7, 11) is 0. The number of carbonyl (C=O) groups excluding carboxylic acids is 1. The third-order valence-corrected chi connectivity index (χ3v) is 5.98. The van der Waals surface area contributed by atoms with Crippen LogP contribution in [-0.4, -0.2) is 41.9 Å². The van der Waals surface area contributed by atoms with E-state index in [9.17, 15) is 13.6 Å². The van der Waals surface area contributed by atoms with E-state index in [0.717, 1.165) is 45.0 Å². The Morgan fingerprint density at radius 3 is 2.81 bits per heavy atom. The topological polar surface area (TPSA) is 36.7 Å². The number of hydrogen-bond acceptors (Lipinski definition) is 3. The fraction of sp³-hybridized carbons (Fsp3) is 0.476. The largest absolute Gasteiger partial charge is 0.469 e. The van der Waals surface area contributed by atoms with Crippen LogP contribution in [0, 0.1) is 24.0 Å². The van der Waals surface area contributed by atoms with Crippen molar-refractivity contribution in [3.8, 4) is 0 Å². The summed E-state index contributed by atoms with van der Waals surface area (Å²) in [5.74, 6) is -0.887. The Morgan fingerprint density at radius 1 is 1.19 bits per heavy atom. The summed E-state index contributed by atoms with van der Waals surface area (Å²) in [5, 5.41) is 0. The molecular formula is C21H24F2N2O2. The molecule has 0 radical (unpaired) electrons. The van der Waals surface area contributed by atoms with Gasteiger partial charge in [-0.1, -0.05) is 12.1 Å². The van der Waals surface area contributed by atoms with E-state index in [0.29, 0.717) is 30.0 Å². The number of rotatable bonds is 3. The Labute approximate surface area is 157 Å². The Morgan fingerprint density at radius 2 is 2.04 bits per heavy atom. The molecule has 1 aromatic carbocycles. The minimum Gasteiger partial charge on any atom is -0.469 e.